The van der Waals surface area contributed by atoms with E-state index in [-0.39, 0.29) is 16.8 Å². The Kier molecular flexibility index (Phi) is 4.02. The van der Waals surface area contributed by atoms with Gasteiger partial charge in [0.15, 0.2) is 11.5 Å². The Labute approximate surface area is 135 Å². The van der Waals surface area contributed by atoms with E-state index in [1.54, 1.807) is 6.07 Å². The highest BCUT2D eigenvalue weighted by atomic mass is 35.5. The minimum atomic E-state index is -0.485. The minimum Gasteiger partial charge on any atom is -0.454 e. The molecule has 1 aliphatic rings. The van der Waals surface area contributed by atoms with Gasteiger partial charge < -0.3 is 14.8 Å². The smallest absolute Gasteiger partial charge is 0.231 e. The largest absolute Gasteiger partial charge is 0.454 e. The van der Waals surface area contributed by atoms with Crippen molar-refractivity contribution >= 4 is 40.5 Å². The average Bonchev–Trinajstić information content (AvgIpc) is 2.86. The maximum atomic E-state index is 13.1. The highest BCUT2D eigenvalue weighted by molar-refractivity contribution is 6.39. The van der Waals surface area contributed by atoms with Gasteiger partial charge in [0, 0.05) is 6.54 Å². The van der Waals surface area contributed by atoms with Crippen LogP contribution in [0.5, 0.6) is 11.5 Å². The number of nitrogens with one attached hydrogen (secondary N) is 1. The molecule has 1 N–H and O–H groups in total. The van der Waals surface area contributed by atoms with Gasteiger partial charge in [0.25, 0.3) is 0 Å². The SMILES string of the molecule is Fc1cc(Cl)c(NCc2cc(Cl)c3c(c2)OCO3)c(Cl)c1. The van der Waals surface area contributed by atoms with Crippen LogP contribution in [0.4, 0.5) is 10.1 Å². The van der Waals surface area contributed by atoms with Crippen LogP contribution < -0.4 is 14.8 Å². The normalized spacial score (nSPS) is 12.6. The number of hydrogen-bond donors (Lipinski definition) is 1. The van der Waals surface area contributed by atoms with E-state index in [1.807, 2.05) is 6.07 Å². The van der Waals surface area contributed by atoms with E-state index in [0.717, 1.165) is 5.56 Å². The van der Waals surface area contributed by atoms with Gasteiger partial charge in [-0.1, -0.05) is 34.8 Å². The summed E-state index contributed by atoms with van der Waals surface area (Å²) in [6, 6.07) is 5.96. The molecule has 3 rings (SSSR count). The second-order valence-electron chi connectivity index (χ2n) is 4.41. The van der Waals surface area contributed by atoms with Crippen LogP contribution in [0.15, 0.2) is 24.3 Å². The Balaban J connectivity index is 1.81. The Morgan fingerprint density at radius 2 is 1.71 bits per heavy atom. The number of halogens is 4. The monoisotopic (exact) mass is 347 g/mol. The maximum Gasteiger partial charge on any atom is 0.231 e. The molecule has 21 heavy (non-hydrogen) atoms. The summed E-state index contributed by atoms with van der Waals surface area (Å²) in [5.41, 5.74) is 1.33. The molecule has 0 atom stereocenters. The Bertz CT molecular complexity index is 686. The molecular weight excluding hydrogens is 340 g/mol. The lowest BCUT2D eigenvalue weighted by Gasteiger charge is -2.11. The fraction of sp³-hybridized carbons (Fsp3) is 0.143. The van der Waals surface area contributed by atoms with Crippen molar-refractivity contribution in [3.63, 3.8) is 0 Å². The van der Waals surface area contributed by atoms with Gasteiger partial charge in [0.2, 0.25) is 6.79 Å². The van der Waals surface area contributed by atoms with Crippen LogP contribution in [0, 0.1) is 5.82 Å². The molecule has 0 fully saturated rings. The molecule has 3 nitrogen and oxygen atoms in total. The molecular formula is C14H9Cl3FNO2. The van der Waals surface area contributed by atoms with E-state index in [9.17, 15) is 4.39 Å². The lowest BCUT2D eigenvalue weighted by Crippen LogP contribution is -2.01. The third-order valence-corrected chi connectivity index (χ3v) is 3.84. The summed E-state index contributed by atoms with van der Waals surface area (Å²) in [5.74, 6) is 0.649. The predicted octanol–water partition coefficient (Wildman–Crippen LogP) is 5.13. The summed E-state index contributed by atoms with van der Waals surface area (Å²) < 4.78 is 23.7. The first-order valence-corrected chi connectivity index (χ1v) is 7.14. The van der Waals surface area contributed by atoms with Crippen molar-refractivity contribution in [3.8, 4) is 11.5 Å². The van der Waals surface area contributed by atoms with Gasteiger partial charge in [-0.05, 0) is 29.8 Å². The van der Waals surface area contributed by atoms with E-state index in [0.29, 0.717) is 28.8 Å². The van der Waals surface area contributed by atoms with Crippen LogP contribution in [0.3, 0.4) is 0 Å². The number of benzene rings is 2. The third kappa shape index (κ3) is 2.98. The van der Waals surface area contributed by atoms with E-state index in [2.05, 4.69) is 5.32 Å². The van der Waals surface area contributed by atoms with Crippen molar-refractivity contribution in [2.75, 3.05) is 12.1 Å². The molecule has 0 saturated heterocycles. The fourth-order valence-corrected chi connectivity index (χ4v) is 2.91. The summed E-state index contributed by atoms with van der Waals surface area (Å²) in [6.07, 6.45) is 0. The predicted molar refractivity (Wildman–Crippen MR) is 81.3 cm³/mol. The molecule has 110 valence electrons. The standard InChI is InChI=1S/C14H9Cl3FNO2/c15-9-3-8(18)4-10(16)13(9)19-5-7-1-11(17)14-12(2-7)20-6-21-14/h1-4,19H,5-6H2. The summed E-state index contributed by atoms with van der Waals surface area (Å²) >= 11 is 18.0. The summed E-state index contributed by atoms with van der Waals surface area (Å²) in [6.45, 7) is 0.559. The quantitative estimate of drug-likeness (QED) is 0.834. The summed E-state index contributed by atoms with van der Waals surface area (Å²) in [7, 11) is 0. The van der Waals surface area contributed by atoms with E-state index in [4.69, 9.17) is 44.3 Å². The molecule has 0 amide bonds. The van der Waals surface area contributed by atoms with Crippen molar-refractivity contribution in [2.45, 2.75) is 6.54 Å². The zero-order chi connectivity index (χ0) is 15.0. The maximum absolute atomic E-state index is 13.1. The topological polar surface area (TPSA) is 30.5 Å². The molecule has 0 bridgehead atoms. The van der Waals surface area contributed by atoms with Crippen LogP contribution >= 0.6 is 34.8 Å². The van der Waals surface area contributed by atoms with Gasteiger partial charge in [-0.25, -0.2) is 4.39 Å². The van der Waals surface area contributed by atoms with Gasteiger partial charge in [0.05, 0.1) is 20.8 Å². The number of ether oxygens (including phenoxy) is 2. The van der Waals surface area contributed by atoms with Crippen molar-refractivity contribution in [2.24, 2.45) is 0 Å². The zero-order valence-electron chi connectivity index (χ0n) is 10.6. The zero-order valence-corrected chi connectivity index (χ0v) is 12.8. The number of fused-ring (bicyclic) bond motifs is 1. The van der Waals surface area contributed by atoms with E-state index >= 15 is 0 Å². The van der Waals surface area contributed by atoms with Crippen molar-refractivity contribution < 1.29 is 13.9 Å². The first-order valence-electron chi connectivity index (χ1n) is 6.01. The van der Waals surface area contributed by atoms with Gasteiger partial charge in [-0.2, -0.15) is 0 Å². The Morgan fingerprint density at radius 1 is 1.00 bits per heavy atom. The van der Waals surface area contributed by atoms with Crippen LogP contribution in [-0.2, 0) is 6.54 Å². The lowest BCUT2D eigenvalue weighted by molar-refractivity contribution is 0.174. The first kappa shape index (κ1) is 14.6. The molecule has 0 aromatic heterocycles. The highest BCUT2D eigenvalue weighted by Crippen LogP contribution is 2.40. The fourth-order valence-electron chi connectivity index (χ4n) is 2.02. The van der Waals surface area contributed by atoms with Crippen LogP contribution in [-0.4, -0.2) is 6.79 Å². The van der Waals surface area contributed by atoms with Gasteiger partial charge >= 0.3 is 0 Å². The Morgan fingerprint density at radius 3 is 2.43 bits per heavy atom. The average molecular weight is 349 g/mol. The first-order chi connectivity index (χ1) is 10.0. The highest BCUT2D eigenvalue weighted by Gasteiger charge is 2.18. The van der Waals surface area contributed by atoms with Crippen LogP contribution in [0.25, 0.3) is 0 Å². The van der Waals surface area contributed by atoms with Crippen molar-refractivity contribution in [3.05, 3.63) is 50.7 Å². The molecule has 0 spiro atoms. The second kappa shape index (κ2) is 5.79. The summed E-state index contributed by atoms with van der Waals surface area (Å²) in [5, 5.41) is 3.96. The van der Waals surface area contributed by atoms with E-state index < -0.39 is 5.82 Å². The van der Waals surface area contributed by atoms with Gasteiger partial charge in [-0.15, -0.1) is 0 Å². The van der Waals surface area contributed by atoms with Crippen molar-refractivity contribution in [1.29, 1.82) is 0 Å². The van der Waals surface area contributed by atoms with Crippen molar-refractivity contribution in [1.82, 2.24) is 0 Å². The molecule has 1 aliphatic heterocycles. The van der Waals surface area contributed by atoms with Gasteiger partial charge in [0.1, 0.15) is 5.82 Å². The molecule has 0 saturated carbocycles. The van der Waals surface area contributed by atoms with Gasteiger partial charge in [-0.3, -0.25) is 0 Å². The number of hydrogen-bond acceptors (Lipinski definition) is 3. The number of anilines is 1. The summed E-state index contributed by atoms with van der Waals surface area (Å²) in [4.78, 5) is 0. The lowest BCUT2D eigenvalue weighted by atomic mass is 10.2. The molecule has 2 aromatic rings. The molecule has 0 radical (unpaired) electrons. The molecule has 0 aliphatic carbocycles. The second-order valence-corrected chi connectivity index (χ2v) is 5.63. The minimum absolute atomic E-state index is 0.154. The third-order valence-electron chi connectivity index (χ3n) is 2.96. The molecule has 1 heterocycles. The molecule has 2 aromatic carbocycles. The van der Waals surface area contributed by atoms with Crippen LogP contribution in [0.1, 0.15) is 5.56 Å². The molecule has 0 unspecified atom stereocenters. The van der Waals surface area contributed by atoms with E-state index in [1.165, 1.54) is 12.1 Å². The Hall–Kier alpha value is -1.36. The molecule has 7 heteroatoms. The number of rotatable bonds is 3. The van der Waals surface area contributed by atoms with Crippen LogP contribution in [0.2, 0.25) is 15.1 Å².